The van der Waals surface area contributed by atoms with Crippen molar-refractivity contribution in [3.63, 3.8) is 0 Å². The van der Waals surface area contributed by atoms with Crippen LogP contribution in [0.4, 0.5) is 0 Å². The number of carboxylic acids is 1. The van der Waals surface area contributed by atoms with Gasteiger partial charge in [0.2, 0.25) is 0 Å². The first-order valence-electron chi connectivity index (χ1n) is 6.11. The Hall–Kier alpha value is -0.610. The van der Waals surface area contributed by atoms with Gasteiger partial charge in [0.15, 0.2) is 0 Å². The smallest absolute Gasteiger partial charge is 0.320 e. The van der Waals surface area contributed by atoms with Gasteiger partial charge in [0.25, 0.3) is 0 Å². The van der Waals surface area contributed by atoms with Gasteiger partial charge in [0.05, 0.1) is 5.60 Å². The van der Waals surface area contributed by atoms with Gasteiger partial charge in [-0.2, -0.15) is 0 Å². The summed E-state index contributed by atoms with van der Waals surface area (Å²) in [5.41, 5.74) is -0.676. The van der Waals surface area contributed by atoms with Crippen molar-refractivity contribution in [2.24, 2.45) is 5.92 Å². The third kappa shape index (κ3) is 4.10. The Kier molecular flexibility index (Phi) is 4.74. The summed E-state index contributed by atoms with van der Waals surface area (Å²) in [6, 6.07) is -0.537. The molecule has 0 heterocycles. The number of rotatable bonds is 6. The molecule has 0 amide bonds. The van der Waals surface area contributed by atoms with Gasteiger partial charge < -0.3 is 15.5 Å². The van der Waals surface area contributed by atoms with Crippen molar-refractivity contribution in [2.45, 2.75) is 57.6 Å². The normalized spacial score (nSPS) is 21.2. The van der Waals surface area contributed by atoms with Crippen LogP contribution in [0.15, 0.2) is 0 Å². The van der Waals surface area contributed by atoms with E-state index in [0.29, 0.717) is 18.9 Å². The molecule has 0 aromatic rings. The van der Waals surface area contributed by atoms with E-state index < -0.39 is 17.6 Å². The van der Waals surface area contributed by atoms with E-state index in [0.717, 1.165) is 25.7 Å². The molecule has 0 aromatic heterocycles. The van der Waals surface area contributed by atoms with Gasteiger partial charge >= 0.3 is 5.97 Å². The molecule has 1 aliphatic carbocycles. The molecule has 0 spiro atoms. The minimum atomic E-state index is -0.824. The Labute approximate surface area is 97.0 Å². The monoisotopic (exact) mass is 229 g/mol. The molecule has 4 nitrogen and oxygen atoms in total. The van der Waals surface area contributed by atoms with E-state index in [4.69, 9.17) is 5.11 Å². The molecular weight excluding hydrogens is 206 g/mol. The average molecular weight is 229 g/mol. The van der Waals surface area contributed by atoms with Crippen LogP contribution in [0, 0.1) is 5.92 Å². The number of nitrogens with one attached hydrogen (secondary N) is 1. The highest BCUT2D eigenvalue weighted by molar-refractivity contribution is 5.73. The quantitative estimate of drug-likeness (QED) is 0.643. The minimum Gasteiger partial charge on any atom is -0.480 e. The molecule has 1 saturated carbocycles. The minimum absolute atomic E-state index is 0.340. The van der Waals surface area contributed by atoms with E-state index in [1.807, 2.05) is 13.8 Å². The molecule has 0 aromatic carbocycles. The molecule has 1 atom stereocenters. The molecule has 3 N–H and O–H groups in total. The third-order valence-corrected chi connectivity index (χ3v) is 3.22. The molecule has 94 valence electrons. The third-order valence-electron chi connectivity index (χ3n) is 3.22. The molecular formula is C12H23NO3. The summed E-state index contributed by atoms with van der Waals surface area (Å²) in [7, 11) is 0. The Morgan fingerprint density at radius 1 is 1.38 bits per heavy atom. The Morgan fingerprint density at radius 2 is 1.94 bits per heavy atom. The van der Waals surface area contributed by atoms with Crippen molar-refractivity contribution in [1.82, 2.24) is 5.32 Å². The van der Waals surface area contributed by atoms with Gasteiger partial charge in [0, 0.05) is 6.54 Å². The van der Waals surface area contributed by atoms with E-state index in [1.54, 1.807) is 0 Å². The van der Waals surface area contributed by atoms with Crippen LogP contribution in [-0.2, 0) is 4.79 Å². The number of carbonyl (C=O) groups is 1. The van der Waals surface area contributed by atoms with Crippen LogP contribution in [0.2, 0.25) is 0 Å². The van der Waals surface area contributed by atoms with Crippen molar-refractivity contribution in [3.8, 4) is 0 Å². The summed E-state index contributed by atoms with van der Waals surface area (Å²) in [5, 5.41) is 22.1. The van der Waals surface area contributed by atoms with Crippen molar-refractivity contribution >= 4 is 5.97 Å². The summed E-state index contributed by atoms with van der Waals surface area (Å²) in [5.74, 6) is -0.484. The maximum atomic E-state index is 11.0. The fourth-order valence-electron chi connectivity index (χ4n) is 2.27. The highest BCUT2D eigenvalue weighted by Gasteiger charge is 2.32. The summed E-state index contributed by atoms with van der Waals surface area (Å²) < 4.78 is 0. The highest BCUT2D eigenvalue weighted by Crippen LogP contribution is 2.28. The number of hydrogen-bond acceptors (Lipinski definition) is 3. The number of aliphatic carboxylic acids is 1. The highest BCUT2D eigenvalue weighted by atomic mass is 16.4. The first-order chi connectivity index (χ1) is 7.43. The molecule has 0 unspecified atom stereocenters. The standard InChI is InChI=1S/C12H23NO3/c1-9(2)7-10(11(14)15)13-8-12(16)5-3-4-6-12/h9-10,13,16H,3-8H2,1-2H3,(H,14,15)/t10-/m1/s1. The number of aliphatic hydroxyl groups is 1. The first-order valence-corrected chi connectivity index (χ1v) is 6.11. The molecule has 16 heavy (non-hydrogen) atoms. The van der Waals surface area contributed by atoms with E-state index in [1.165, 1.54) is 0 Å². The molecule has 1 aliphatic rings. The summed E-state index contributed by atoms with van der Waals surface area (Å²) in [6.45, 7) is 4.40. The lowest BCUT2D eigenvalue weighted by Crippen LogP contribution is -2.46. The van der Waals surface area contributed by atoms with Crippen LogP contribution in [-0.4, -0.2) is 34.4 Å². The van der Waals surface area contributed by atoms with Crippen LogP contribution in [0.25, 0.3) is 0 Å². The molecule has 1 fully saturated rings. The zero-order chi connectivity index (χ0) is 12.2. The molecule has 0 saturated heterocycles. The molecule has 1 rings (SSSR count). The number of hydrogen-bond donors (Lipinski definition) is 3. The van der Waals surface area contributed by atoms with Crippen LogP contribution in [0.1, 0.15) is 46.0 Å². The second-order valence-electron chi connectivity index (χ2n) is 5.33. The van der Waals surface area contributed by atoms with Crippen LogP contribution >= 0.6 is 0 Å². The zero-order valence-electron chi connectivity index (χ0n) is 10.2. The second kappa shape index (κ2) is 5.64. The lowest BCUT2D eigenvalue weighted by atomic mass is 10.00. The van der Waals surface area contributed by atoms with Crippen LogP contribution < -0.4 is 5.32 Å². The van der Waals surface area contributed by atoms with Crippen LogP contribution in [0.3, 0.4) is 0 Å². The largest absolute Gasteiger partial charge is 0.480 e. The summed E-state index contributed by atoms with van der Waals surface area (Å²) >= 11 is 0. The maximum absolute atomic E-state index is 11.0. The molecule has 0 bridgehead atoms. The van der Waals surface area contributed by atoms with Gasteiger partial charge in [-0.05, 0) is 25.2 Å². The van der Waals surface area contributed by atoms with Crippen molar-refractivity contribution in [1.29, 1.82) is 0 Å². The summed E-state index contributed by atoms with van der Waals surface area (Å²) in [6.07, 6.45) is 4.26. The fourth-order valence-corrected chi connectivity index (χ4v) is 2.27. The molecule has 4 heteroatoms. The van der Waals surface area contributed by atoms with E-state index in [9.17, 15) is 9.90 Å². The lowest BCUT2D eigenvalue weighted by Gasteiger charge is -2.25. The summed E-state index contributed by atoms with van der Waals surface area (Å²) in [4.78, 5) is 11.0. The fraction of sp³-hybridized carbons (Fsp3) is 0.917. The van der Waals surface area contributed by atoms with Gasteiger partial charge in [-0.3, -0.25) is 4.79 Å². The second-order valence-corrected chi connectivity index (χ2v) is 5.33. The predicted molar refractivity (Wildman–Crippen MR) is 62.3 cm³/mol. The molecule has 0 radical (unpaired) electrons. The predicted octanol–water partition coefficient (Wildman–Crippen LogP) is 1.38. The topological polar surface area (TPSA) is 69.6 Å². The first kappa shape index (κ1) is 13.5. The van der Waals surface area contributed by atoms with Crippen molar-refractivity contribution in [3.05, 3.63) is 0 Å². The SMILES string of the molecule is CC(C)C[C@@H](NCC1(O)CCCC1)C(=O)O. The van der Waals surface area contributed by atoms with Gasteiger partial charge in [-0.25, -0.2) is 0 Å². The maximum Gasteiger partial charge on any atom is 0.320 e. The van der Waals surface area contributed by atoms with Gasteiger partial charge in [0.1, 0.15) is 6.04 Å². The van der Waals surface area contributed by atoms with E-state index >= 15 is 0 Å². The van der Waals surface area contributed by atoms with Crippen molar-refractivity contribution < 1.29 is 15.0 Å². The Bertz CT molecular complexity index is 234. The van der Waals surface area contributed by atoms with Crippen molar-refractivity contribution in [2.75, 3.05) is 6.54 Å². The number of carboxylic acid groups (broad SMARTS) is 1. The molecule has 0 aliphatic heterocycles. The van der Waals surface area contributed by atoms with E-state index in [2.05, 4.69) is 5.32 Å². The van der Waals surface area contributed by atoms with Crippen LogP contribution in [0.5, 0.6) is 0 Å². The van der Waals surface area contributed by atoms with E-state index in [-0.39, 0.29) is 0 Å². The Morgan fingerprint density at radius 3 is 2.38 bits per heavy atom. The lowest BCUT2D eigenvalue weighted by molar-refractivity contribution is -0.140. The Balaban J connectivity index is 2.40. The van der Waals surface area contributed by atoms with Gasteiger partial charge in [-0.1, -0.05) is 26.7 Å². The average Bonchev–Trinajstić information content (AvgIpc) is 2.59. The zero-order valence-corrected chi connectivity index (χ0v) is 10.2. The van der Waals surface area contributed by atoms with Gasteiger partial charge in [-0.15, -0.1) is 0 Å².